The Balaban J connectivity index is 1.84. The first kappa shape index (κ1) is 23.6. The summed E-state index contributed by atoms with van der Waals surface area (Å²) in [6.07, 6.45) is 2.95. The second-order valence-corrected chi connectivity index (χ2v) is 7.91. The van der Waals surface area contributed by atoms with E-state index in [2.05, 4.69) is 21.2 Å². The van der Waals surface area contributed by atoms with Crippen LogP contribution in [0, 0.1) is 5.41 Å². The number of carbonyl (C=O) groups excluding carboxylic acids is 2. The molecular weight excluding hydrogens is 446 g/mol. The highest BCUT2D eigenvalue weighted by molar-refractivity contribution is 9.10. The number of carbonyl (C=O) groups is 2. The van der Waals surface area contributed by atoms with E-state index in [4.69, 9.17) is 15.9 Å². The second kappa shape index (κ2) is 12.1. The third-order valence-corrected chi connectivity index (χ3v) is 5.20. The summed E-state index contributed by atoms with van der Waals surface area (Å²) in [5, 5.41) is 10.4. The zero-order valence-electron chi connectivity index (χ0n) is 17.1. The molecule has 0 aliphatic heterocycles. The Morgan fingerprint density at radius 1 is 1.10 bits per heavy atom. The van der Waals surface area contributed by atoms with Crippen LogP contribution in [0.3, 0.4) is 0 Å². The van der Waals surface area contributed by atoms with Crippen LogP contribution in [-0.2, 0) is 20.7 Å². The first-order valence-corrected chi connectivity index (χ1v) is 10.8. The molecule has 0 aliphatic rings. The Morgan fingerprint density at radius 3 is 2.37 bits per heavy atom. The van der Waals surface area contributed by atoms with Gasteiger partial charge in [0.1, 0.15) is 5.84 Å². The average molecular weight is 474 g/mol. The third kappa shape index (κ3) is 7.99. The van der Waals surface area contributed by atoms with E-state index in [1.165, 1.54) is 0 Å². The van der Waals surface area contributed by atoms with Crippen molar-refractivity contribution >= 4 is 33.6 Å². The maximum absolute atomic E-state index is 12.5. The molecule has 0 spiro atoms. The highest BCUT2D eigenvalue weighted by atomic mass is 79.9. The highest BCUT2D eigenvalue weighted by Gasteiger charge is 2.19. The predicted octanol–water partition coefficient (Wildman–Crippen LogP) is 4.26. The van der Waals surface area contributed by atoms with Gasteiger partial charge in [0.2, 0.25) is 5.91 Å². The minimum Gasteiger partial charge on any atom is -0.466 e. The summed E-state index contributed by atoms with van der Waals surface area (Å²) in [5.41, 5.74) is 8.18. The van der Waals surface area contributed by atoms with Crippen molar-refractivity contribution in [3.8, 4) is 0 Å². The molecule has 4 N–H and O–H groups in total. The summed E-state index contributed by atoms with van der Waals surface area (Å²) in [5.74, 6) is -0.361. The molecule has 2 rings (SSSR count). The molecule has 6 nitrogen and oxygen atoms in total. The average Bonchev–Trinajstić information content (AvgIpc) is 2.72. The van der Waals surface area contributed by atoms with Crippen LogP contribution < -0.4 is 11.1 Å². The molecule has 0 aromatic heterocycles. The number of unbranched alkanes of at least 4 members (excludes halogenated alkanes) is 1. The standard InChI is InChI=1S/C23H28BrN3O3/c1-2-30-22(29)15-20(17-11-13-19(24)14-12-17)27-21(28)6-4-3-5-16-7-9-18(10-8-16)23(25)26/h7-14,20H,2-6,15H2,1H3,(H3,25,26)(H,27,28). The Kier molecular flexibility index (Phi) is 9.54. The normalized spacial score (nSPS) is 11.5. The molecule has 0 saturated carbocycles. The van der Waals surface area contributed by atoms with Crippen molar-refractivity contribution in [2.45, 2.75) is 45.1 Å². The van der Waals surface area contributed by atoms with E-state index >= 15 is 0 Å². The van der Waals surface area contributed by atoms with Crippen molar-refractivity contribution in [3.05, 3.63) is 69.7 Å². The SMILES string of the molecule is CCOC(=O)CC(NC(=O)CCCCc1ccc(C(=N)N)cc1)c1ccc(Br)cc1. The van der Waals surface area contributed by atoms with Crippen LogP contribution in [0.2, 0.25) is 0 Å². The zero-order valence-corrected chi connectivity index (χ0v) is 18.7. The lowest BCUT2D eigenvalue weighted by Gasteiger charge is -2.19. The van der Waals surface area contributed by atoms with Crippen molar-refractivity contribution in [2.75, 3.05) is 6.61 Å². The minimum atomic E-state index is -0.413. The third-order valence-electron chi connectivity index (χ3n) is 4.67. The Morgan fingerprint density at radius 2 is 1.77 bits per heavy atom. The molecule has 30 heavy (non-hydrogen) atoms. The van der Waals surface area contributed by atoms with Gasteiger partial charge in [-0.25, -0.2) is 0 Å². The number of esters is 1. The molecule has 7 heteroatoms. The summed E-state index contributed by atoms with van der Waals surface area (Å²) in [7, 11) is 0. The van der Waals surface area contributed by atoms with E-state index in [9.17, 15) is 9.59 Å². The quantitative estimate of drug-likeness (QED) is 0.196. The molecule has 0 heterocycles. The van der Waals surface area contributed by atoms with Gasteiger partial charge in [0.15, 0.2) is 0 Å². The van der Waals surface area contributed by atoms with Gasteiger partial charge in [0.05, 0.1) is 19.1 Å². The largest absolute Gasteiger partial charge is 0.466 e. The van der Waals surface area contributed by atoms with E-state index < -0.39 is 6.04 Å². The van der Waals surface area contributed by atoms with Crippen molar-refractivity contribution < 1.29 is 14.3 Å². The topological polar surface area (TPSA) is 105 Å². The number of amidine groups is 1. The number of amides is 1. The Labute approximate surface area is 185 Å². The zero-order chi connectivity index (χ0) is 21.9. The number of hydrogen-bond donors (Lipinski definition) is 3. The van der Waals surface area contributed by atoms with Gasteiger partial charge in [-0.3, -0.25) is 15.0 Å². The monoisotopic (exact) mass is 473 g/mol. The molecule has 1 unspecified atom stereocenters. The molecule has 160 valence electrons. The minimum absolute atomic E-state index is 0.0568. The van der Waals surface area contributed by atoms with Crippen molar-refractivity contribution in [1.29, 1.82) is 5.41 Å². The number of nitrogens with one attached hydrogen (secondary N) is 2. The van der Waals surface area contributed by atoms with Crippen LogP contribution >= 0.6 is 15.9 Å². The highest BCUT2D eigenvalue weighted by Crippen LogP contribution is 2.21. The number of nitrogen functional groups attached to an aromatic ring is 1. The number of aryl methyl sites for hydroxylation is 1. The number of rotatable bonds is 11. The molecule has 0 aliphatic carbocycles. The molecule has 2 aromatic carbocycles. The van der Waals surface area contributed by atoms with Gasteiger partial charge < -0.3 is 15.8 Å². The summed E-state index contributed by atoms with van der Waals surface area (Å²) in [4.78, 5) is 24.4. The number of benzene rings is 2. The van der Waals surface area contributed by atoms with Crippen molar-refractivity contribution in [2.24, 2.45) is 5.73 Å². The van der Waals surface area contributed by atoms with Crippen LogP contribution in [0.4, 0.5) is 0 Å². The van der Waals surface area contributed by atoms with Crippen LogP contribution in [0.5, 0.6) is 0 Å². The van der Waals surface area contributed by atoms with Gasteiger partial charge in [-0.05, 0) is 49.4 Å². The van der Waals surface area contributed by atoms with Gasteiger partial charge in [-0.15, -0.1) is 0 Å². The predicted molar refractivity (Wildman–Crippen MR) is 121 cm³/mol. The summed E-state index contributed by atoms with van der Waals surface area (Å²) < 4.78 is 5.98. The summed E-state index contributed by atoms with van der Waals surface area (Å²) in [6.45, 7) is 2.08. The fourth-order valence-electron chi connectivity index (χ4n) is 3.07. The van der Waals surface area contributed by atoms with Gasteiger partial charge in [-0.2, -0.15) is 0 Å². The fraction of sp³-hybridized carbons (Fsp3) is 0.348. The molecule has 0 bridgehead atoms. The van der Waals surface area contributed by atoms with Gasteiger partial charge in [0, 0.05) is 16.5 Å². The first-order valence-electron chi connectivity index (χ1n) is 10.0. The van der Waals surface area contributed by atoms with E-state index in [1.54, 1.807) is 6.92 Å². The molecule has 1 atom stereocenters. The fourth-order valence-corrected chi connectivity index (χ4v) is 3.33. The summed E-state index contributed by atoms with van der Waals surface area (Å²) in [6, 6.07) is 14.7. The lowest BCUT2D eigenvalue weighted by molar-refractivity contribution is -0.143. The Bertz CT molecular complexity index is 851. The maximum Gasteiger partial charge on any atom is 0.308 e. The molecule has 1 amide bonds. The van der Waals surface area contributed by atoms with Gasteiger partial charge >= 0.3 is 5.97 Å². The van der Waals surface area contributed by atoms with E-state index in [-0.39, 0.29) is 24.1 Å². The molecule has 0 fully saturated rings. The molecule has 0 radical (unpaired) electrons. The van der Waals surface area contributed by atoms with Crippen LogP contribution in [0.25, 0.3) is 0 Å². The smallest absolute Gasteiger partial charge is 0.308 e. The molecule has 0 saturated heterocycles. The van der Waals surface area contributed by atoms with E-state index in [0.29, 0.717) is 18.6 Å². The van der Waals surface area contributed by atoms with Crippen LogP contribution in [-0.4, -0.2) is 24.3 Å². The summed E-state index contributed by atoms with van der Waals surface area (Å²) >= 11 is 3.40. The lowest BCUT2D eigenvalue weighted by Crippen LogP contribution is -2.30. The van der Waals surface area contributed by atoms with Gasteiger partial charge in [0.25, 0.3) is 0 Å². The number of halogens is 1. The second-order valence-electron chi connectivity index (χ2n) is 7.00. The van der Waals surface area contributed by atoms with E-state index in [1.807, 2.05) is 48.5 Å². The first-order chi connectivity index (χ1) is 14.4. The van der Waals surface area contributed by atoms with Crippen LogP contribution in [0.1, 0.15) is 55.3 Å². The van der Waals surface area contributed by atoms with E-state index in [0.717, 1.165) is 34.9 Å². The Hall–Kier alpha value is -2.67. The number of ether oxygens (including phenoxy) is 1. The van der Waals surface area contributed by atoms with Gasteiger partial charge in [-0.1, -0.05) is 52.3 Å². The van der Waals surface area contributed by atoms with Crippen molar-refractivity contribution in [1.82, 2.24) is 5.32 Å². The lowest BCUT2D eigenvalue weighted by atomic mass is 10.0. The number of hydrogen-bond acceptors (Lipinski definition) is 4. The molecular formula is C23H28BrN3O3. The van der Waals surface area contributed by atoms with Crippen LogP contribution in [0.15, 0.2) is 53.0 Å². The molecule has 2 aromatic rings. The number of nitrogens with two attached hydrogens (primary N) is 1. The maximum atomic E-state index is 12.5. The van der Waals surface area contributed by atoms with Crippen molar-refractivity contribution in [3.63, 3.8) is 0 Å².